The van der Waals surface area contributed by atoms with E-state index in [1.807, 2.05) is 30.0 Å². The van der Waals surface area contributed by atoms with E-state index in [0.717, 1.165) is 35.2 Å². The molecule has 1 aromatic carbocycles. The molecule has 0 aromatic heterocycles. The van der Waals surface area contributed by atoms with Gasteiger partial charge in [0.1, 0.15) is 11.5 Å². The summed E-state index contributed by atoms with van der Waals surface area (Å²) in [6.45, 7) is 3.10. The zero-order valence-electron chi connectivity index (χ0n) is 10.1. The van der Waals surface area contributed by atoms with Gasteiger partial charge in [-0.1, -0.05) is 6.92 Å². The van der Waals surface area contributed by atoms with E-state index in [-0.39, 0.29) is 0 Å². The standard InChI is InChI=1S/C12H19NO2S/c1-4-16-8-7-13-11-9-10(14-2)5-6-12(11)15-3/h5-6,9,13H,4,7-8H2,1-3H3. The van der Waals surface area contributed by atoms with E-state index in [9.17, 15) is 0 Å². The molecule has 0 spiro atoms. The summed E-state index contributed by atoms with van der Waals surface area (Å²) in [6.07, 6.45) is 0. The average Bonchev–Trinajstić information content (AvgIpc) is 2.34. The van der Waals surface area contributed by atoms with E-state index in [0.29, 0.717) is 0 Å². The van der Waals surface area contributed by atoms with Gasteiger partial charge >= 0.3 is 0 Å². The largest absolute Gasteiger partial charge is 0.497 e. The third kappa shape index (κ3) is 3.85. The molecule has 0 fully saturated rings. The van der Waals surface area contributed by atoms with Crippen LogP contribution in [0.5, 0.6) is 11.5 Å². The van der Waals surface area contributed by atoms with Crippen molar-refractivity contribution in [3.05, 3.63) is 18.2 Å². The summed E-state index contributed by atoms with van der Waals surface area (Å²) in [4.78, 5) is 0. The maximum atomic E-state index is 5.28. The van der Waals surface area contributed by atoms with E-state index in [2.05, 4.69) is 12.2 Å². The minimum absolute atomic E-state index is 0.839. The maximum Gasteiger partial charge on any atom is 0.142 e. The molecule has 0 atom stereocenters. The van der Waals surface area contributed by atoms with Gasteiger partial charge in [-0.2, -0.15) is 11.8 Å². The first-order valence-electron chi connectivity index (χ1n) is 5.35. The molecule has 0 amide bonds. The van der Waals surface area contributed by atoms with Crippen LogP contribution in [-0.4, -0.2) is 32.3 Å². The van der Waals surface area contributed by atoms with Gasteiger partial charge in [-0.15, -0.1) is 0 Å². The molecule has 0 aliphatic carbocycles. The summed E-state index contributed by atoms with van der Waals surface area (Å²) in [5, 5.41) is 3.35. The summed E-state index contributed by atoms with van der Waals surface area (Å²) in [5.41, 5.74) is 0.985. The van der Waals surface area contributed by atoms with E-state index in [1.165, 1.54) is 0 Å². The van der Waals surface area contributed by atoms with Crippen LogP contribution in [-0.2, 0) is 0 Å². The van der Waals surface area contributed by atoms with Gasteiger partial charge < -0.3 is 14.8 Å². The Labute approximate surface area is 102 Å². The molecule has 1 N–H and O–H groups in total. The lowest BCUT2D eigenvalue weighted by Gasteiger charge is -2.12. The topological polar surface area (TPSA) is 30.5 Å². The second-order valence-electron chi connectivity index (χ2n) is 3.19. The first-order chi connectivity index (χ1) is 7.81. The fourth-order valence-electron chi connectivity index (χ4n) is 1.35. The average molecular weight is 241 g/mol. The fraction of sp³-hybridized carbons (Fsp3) is 0.500. The maximum absolute atomic E-state index is 5.28. The van der Waals surface area contributed by atoms with Gasteiger partial charge in [0.25, 0.3) is 0 Å². The van der Waals surface area contributed by atoms with Crippen molar-refractivity contribution in [1.29, 1.82) is 0 Å². The van der Waals surface area contributed by atoms with Crippen LogP contribution < -0.4 is 14.8 Å². The minimum atomic E-state index is 0.839. The highest BCUT2D eigenvalue weighted by molar-refractivity contribution is 7.99. The molecule has 16 heavy (non-hydrogen) atoms. The van der Waals surface area contributed by atoms with Crippen molar-refractivity contribution < 1.29 is 9.47 Å². The first kappa shape index (κ1) is 13.0. The Morgan fingerprint density at radius 1 is 1.25 bits per heavy atom. The second-order valence-corrected chi connectivity index (χ2v) is 4.58. The van der Waals surface area contributed by atoms with Crippen LogP contribution >= 0.6 is 11.8 Å². The van der Waals surface area contributed by atoms with Crippen LogP contribution in [0.15, 0.2) is 18.2 Å². The molecule has 0 radical (unpaired) electrons. The molecule has 0 unspecified atom stereocenters. The summed E-state index contributed by atoms with van der Waals surface area (Å²) in [7, 11) is 3.34. The summed E-state index contributed by atoms with van der Waals surface area (Å²) < 4.78 is 10.5. The van der Waals surface area contributed by atoms with E-state index in [1.54, 1.807) is 14.2 Å². The van der Waals surface area contributed by atoms with Crippen LogP contribution in [0.1, 0.15) is 6.92 Å². The smallest absolute Gasteiger partial charge is 0.142 e. The Bertz CT molecular complexity index is 318. The molecular formula is C12H19NO2S. The van der Waals surface area contributed by atoms with Crippen LogP contribution in [0, 0.1) is 0 Å². The minimum Gasteiger partial charge on any atom is -0.497 e. The zero-order valence-corrected chi connectivity index (χ0v) is 10.9. The van der Waals surface area contributed by atoms with Gasteiger partial charge in [0, 0.05) is 18.4 Å². The quantitative estimate of drug-likeness (QED) is 0.744. The Hall–Kier alpha value is -1.03. The summed E-state index contributed by atoms with van der Waals surface area (Å²) >= 11 is 1.92. The van der Waals surface area contributed by atoms with Gasteiger partial charge in [-0.25, -0.2) is 0 Å². The van der Waals surface area contributed by atoms with Crippen molar-refractivity contribution in [2.24, 2.45) is 0 Å². The number of benzene rings is 1. The molecule has 0 aliphatic heterocycles. The van der Waals surface area contributed by atoms with Crippen LogP contribution in [0.2, 0.25) is 0 Å². The van der Waals surface area contributed by atoms with Gasteiger partial charge in [0.2, 0.25) is 0 Å². The third-order valence-electron chi connectivity index (χ3n) is 2.17. The molecule has 1 rings (SSSR count). The number of hydrogen-bond donors (Lipinski definition) is 1. The molecular weight excluding hydrogens is 222 g/mol. The molecule has 1 aromatic rings. The second kappa shape index (κ2) is 7.28. The molecule has 0 saturated carbocycles. The molecule has 4 heteroatoms. The predicted molar refractivity (Wildman–Crippen MR) is 71.0 cm³/mol. The number of nitrogens with one attached hydrogen (secondary N) is 1. The molecule has 0 saturated heterocycles. The number of thioether (sulfide) groups is 1. The normalized spacial score (nSPS) is 9.94. The number of methoxy groups -OCH3 is 2. The van der Waals surface area contributed by atoms with Crippen molar-refractivity contribution in [3.63, 3.8) is 0 Å². The number of anilines is 1. The van der Waals surface area contributed by atoms with Crippen molar-refractivity contribution >= 4 is 17.4 Å². The monoisotopic (exact) mass is 241 g/mol. The summed E-state index contributed by atoms with van der Waals surface area (Å²) in [5.74, 6) is 3.93. The van der Waals surface area contributed by atoms with Gasteiger partial charge in [0.05, 0.1) is 19.9 Å². The van der Waals surface area contributed by atoms with Gasteiger partial charge in [-0.05, 0) is 17.9 Å². The Morgan fingerprint density at radius 2 is 2.06 bits per heavy atom. The number of rotatable bonds is 7. The van der Waals surface area contributed by atoms with E-state index in [4.69, 9.17) is 9.47 Å². The third-order valence-corrected chi connectivity index (χ3v) is 3.07. The first-order valence-corrected chi connectivity index (χ1v) is 6.51. The van der Waals surface area contributed by atoms with Crippen LogP contribution in [0.25, 0.3) is 0 Å². The Kier molecular flexibility index (Phi) is 5.93. The lowest BCUT2D eigenvalue weighted by atomic mass is 10.2. The number of hydrogen-bond acceptors (Lipinski definition) is 4. The van der Waals surface area contributed by atoms with E-state index < -0.39 is 0 Å². The lowest BCUT2D eigenvalue weighted by molar-refractivity contribution is 0.404. The zero-order chi connectivity index (χ0) is 11.8. The predicted octanol–water partition coefficient (Wildman–Crippen LogP) is 2.87. The molecule has 3 nitrogen and oxygen atoms in total. The lowest BCUT2D eigenvalue weighted by Crippen LogP contribution is -2.05. The van der Waals surface area contributed by atoms with Crippen molar-refractivity contribution in [1.82, 2.24) is 0 Å². The Balaban J connectivity index is 2.60. The highest BCUT2D eigenvalue weighted by atomic mass is 32.2. The van der Waals surface area contributed by atoms with Crippen molar-refractivity contribution in [3.8, 4) is 11.5 Å². The highest BCUT2D eigenvalue weighted by Gasteiger charge is 2.03. The molecule has 90 valence electrons. The Morgan fingerprint density at radius 3 is 2.69 bits per heavy atom. The van der Waals surface area contributed by atoms with E-state index >= 15 is 0 Å². The molecule has 0 aliphatic rings. The van der Waals surface area contributed by atoms with Gasteiger partial charge in [-0.3, -0.25) is 0 Å². The highest BCUT2D eigenvalue weighted by Crippen LogP contribution is 2.28. The molecule has 0 bridgehead atoms. The van der Waals surface area contributed by atoms with Gasteiger partial charge in [0.15, 0.2) is 0 Å². The van der Waals surface area contributed by atoms with Crippen LogP contribution in [0.3, 0.4) is 0 Å². The van der Waals surface area contributed by atoms with Crippen LogP contribution in [0.4, 0.5) is 5.69 Å². The van der Waals surface area contributed by atoms with Crippen molar-refractivity contribution in [2.45, 2.75) is 6.92 Å². The summed E-state index contributed by atoms with van der Waals surface area (Å²) in [6, 6.07) is 5.76. The van der Waals surface area contributed by atoms with Crippen molar-refractivity contribution in [2.75, 3.05) is 37.6 Å². The fourth-order valence-corrected chi connectivity index (χ4v) is 1.89. The number of ether oxygens (including phenoxy) is 2. The molecule has 0 heterocycles. The SMILES string of the molecule is CCSCCNc1cc(OC)ccc1OC.